The maximum Gasteiger partial charge on any atom is 0.278 e. The van der Waals surface area contributed by atoms with Gasteiger partial charge in [-0.3, -0.25) is 34.2 Å². The molecule has 3 fully saturated rings. The average Bonchev–Trinajstić information content (AvgIpc) is 3.55. The van der Waals surface area contributed by atoms with E-state index >= 15 is 0 Å². The normalized spacial score (nSPS) is 17.8. The van der Waals surface area contributed by atoms with Crippen LogP contribution in [-0.2, 0) is 21.7 Å². The van der Waals surface area contributed by atoms with Crippen LogP contribution in [0.2, 0.25) is 0 Å². The van der Waals surface area contributed by atoms with Gasteiger partial charge in [0, 0.05) is 87.6 Å². The lowest BCUT2D eigenvalue weighted by atomic mass is 10.0. The molecular formula is C45H51N11O6. The first-order valence-corrected chi connectivity index (χ1v) is 20.9. The van der Waals surface area contributed by atoms with Gasteiger partial charge in [-0.1, -0.05) is 12.1 Å². The van der Waals surface area contributed by atoms with Gasteiger partial charge >= 0.3 is 0 Å². The molecule has 6 heterocycles. The Morgan fingerprint density at radius 3 is 2.34 bits per heavy atom. The van der Waals surface area contributed by atoms with E-state index < -0.39 is 23.5 Å². The lowest BCUT2D eigenvalue weighted by Gasteiger charge is -2.44. The zero-order valence-electron chi connectivity index (χ0n) is 35.2. The highest BCUT2D eigenvalue weighted by atomic mass is 16.3. The van der Waals surface area contributed by atoms with Crippen molar-refractivity contribution in [1.29, 1.82) is 0 Å². The predicted molar refractivity (Wildman–Crippen MR) is 235 cm³/mol. The molecular weight excluding hydrogens is 791 g/mol. The Labute approximate surface area is 358 Å². The minimum atomic E-state index is -1.18. The number of imide groups is 1. The van der Waals surface area contributed by atoms with E-state index in [1.807, 2.05) is 18.2 Å². The van der Waals surface area contributed by atoms with Crippen molar-refractivity contribution in [2.75, 3.05) is 61.4 Å². The van der Waals surface area contributed by atoms with Crippen LogP contribution in [0, 0.1) is 0 Å². The molecule has 3 aromatic heterocycles. The molecule has 17 heteroatoms. The van der Waals surface area contributed by atoms with E-state index in [1.54, 1.807) is 54.9 Å². The van der Waals surface area contributed by atoms with Gasteiger partial charge in [0.25, 0.3) is 11.5 Å². The Balaban J connectivity index is 0.874. The second-order valence-corrected chi connectivity index (χ2v) is 16.5. The third kappa shape index (κ3) is 8.45. The van der Waals surface area contributed by atoms with E-state index in [0.29, 0.717) is 40.8 Å². The van der Waals surface area contributed by atoms with Gasteiger partial charge in [0.1, 0.15) is 17.0 Å². The Bertz CT molecular complexity index is 2580. The van der Waals surface area contributed by atoms with Crippen molar-refractivity contribution in [1.82, 2.24) is 39.4 Å². The number of carbonyl (C=O) groups is 4. The van der Waals surface area contributed by atoms with Gasteiger partial charge in [-0.15, -0.1) is 6.58 Å². The Hall–Kier alpha value is -6.72. The van der Waals surface area contributed by atoms with Crippen LogP contribution in [0.3, 0.4) is 0 Å². The van der Waals surface area contributed by atoms with E-state index in [9.17, 15) is 29.1 Å². The second kappa shape index (κ2) is 17.3. The van der Waals surface area contributed by atoms with Gasteiger partial charge in [-0.05, 0) is 87.7 Å². The van der Waals surface area contributed by atoms with E-state index in [-0.39, 0.29) is 42.0 Å². The predicted octanol–water partition coefficient (Wildman–Crippen LogP) is 3.61. The largest absolute Gasteiger partial charge is 0.384 e. The Morgan fingerprint density at radius 1 is 0.952 bits per heavy atom. The van der Waals surface area contributed by atoms with Crippen LogP contribution in [0.4, 0.5) is 23.0 Å². The summed E-state index contributed by atoms with van der Waals surface area (Å²) in [6.45, 7) is 12.5. The molecule has 3 N–H and O–H groups in total. The number of aldehydes is 1. The third-order valence-electron chi connectivity index (χ3n) is 12.1. The van der Waals surface area contributed by atoms with Crippen molar-refractivity contribution in [2.45, 2.75) is 63.8 Å². The molecule has 0 spiro atoms. The van der Waals surface area contributed by atoms with Crippen LogP contribution in [0.1, 0.15) is 65.9 Å². The number of fused-ring (bicyclic) bond motifs is 1. The number of piperidine rings is 2. The molecule has 1 atom stereocenters. The van der Waals surface area contributed by atoms with Crippen molar-refractivity contribution in [3.8, 4) is 5.82 Å². The Morgan fingerprint density at radius 2 is 1.66 bits per heavy atom. The van der Waals surface area contributed by atoms with E-state index in [2.05, 4.69) is 54.0 Å². The molecule has 3 aliphatic rings. The van der Waals surface area contributed by atoms with Crippen LogP contribution in [0.5, 0.6) is 0 Å². The summed E-state index contributed by atoms with van der Waals surface area (Å²) in [6, 6.07) is 18.4. The molecule has 17 nitrogen and oxygen atoms in total. The molecule has 0 bridgehead atoms. The number of aliphatic hydroxyl groups is 1. The smallest absolute Gasteiger partial charge is 0.278 e. The van der Waals surface area contributed by atoms with Gasteiger partial charge in [0.2, 0.25) is 17.8 Å². The number of pyridine rings is 1. The highest BCUT2D eigenvalue weighted by molar-refractivity contribution is 6.06. The van der Waals surface area contributed by atoms with Crippen molar-refractivity contribution < 1.29 is 24.3 Å². The molecule has 0 saturated carbocycles. The summed E-state index contributed by atoms with van der Waals surface area (Å²) >= 11 is 0. The summed E-state index contributed by atoms with van der Waals surface area (Å²) in [5.74, 6) is -0.539. The first-order chi connectivity index (χ1) is 29.8. The highest BCUT2D eigenvalue weighted by Crippen LogP contribution is 2.29. The molecule has 0 aliphatic carbocycles. The van der Waals surface area contributed by atoms with Crippen LogP contribution in [0.15, 0.2) is 84.3 Å². The molecule has 322 valence electrons. The summed E-state index contributed by atoms with van der Waals surface area (Å²) in [4.78, 5) is 85.4. The highest BCUT2D eigenvalue weighted by Gasteiger charge is 2.34. The minimum absolute atomic E-state index is 0.154. The number of hydrogen-bond acceptors (Lipinski definition) is 13. The SMILES string of the molecule is C=CCn1c(=O)c2cnc(Nc3ccc(N4CCC(N5CCN(c6ccc(C=O)c(C(=O)N(C)C7CCC(=O)NC7=O)c6)CC5)CC4)cc3)nc2n1-c1cccc(C(C)(C)O)n1. The molecule has 0 radical (unpaired) electrons. The quantitative estimate of drug-likeness (QED) is 0.0939. The minimum Gasteiger partial charge on any atom is -0.384 e. The monoisotopic (exact) mass is 841 g/mol. The summed E-state index contributed by atoms with van der Waals surface area (Å²) < 4.78 is 3.13. The zero-order valence-corrected chi connectivity index (χ0v) is 35.2. The van der Waals surface area contributed by atoms with Gasteiger partial charge in [0.05, 0.1) is 17.8 Å². The summed E-state index contributed by atoms with van der Waals surface area (Å²) in [5.41, 5.74) is 2.64. The lowest BCUT2D eigenvalue weighted by Crippen LogP contribution is -2.53. The maximum atomic E-state index is 13.6. The number of nitrogens with zero attached hydrogens (tertiary/aromatic N) is 9. The maximum absolute atomic E-state index is 13.6. The molecule has 2 aromatic carbocycles. The number of benzene rings is 2. The molecule has 1 unspecified atom stereocenters. The molecule has 3 amide bonds. The summed E-state index contributed by atoms with van der Waals surface area (Å²) in [7, 11) is 1.53. The summed E-state index contributed by atoms with van der Waals surface area (Å²) in [6.07, 6.45) is 6.24. The first-order valence-electron chi connectivity index (χ1n) is 20.9. The number of hydrogen-bond donors (Lipinski definition) is 3. The van der Waals surface area contributed by atoms with Crippen LogP contribution >= 0.6 is 0 Å². The van der Waals surface area contributed by atoms with Crippen molar-refractivity contribution in [3.05, 3.63) is 107 Å². The topological polar surface area (TPSA) is 191 Å². The number of anilines is 4. The van der Waals surface area contributed by atoms with E-state index in [4.69, 9.17) is 4.98 Å². The van der Waals surface area contributed by atoms with Gasteiger partial charge in [0.15, 0.2) is 17.8 Å². The fraction of sp³-hybridized carbons (Fsp3) is 0.378. The fourth-order valence-electron chi connectivity index (χ4n) is 8.62. The Kier molecular flexibility index (Phi) is 11.7. The average molecular weight is 842 g/mol. The number of allylic oxidation sites excluding steroid dienone is 1. The first kappa shape index (κ1) is 42.0. The zero-order chi connectivity index (χ0) is 43.7. The van der Waals surface area contributed by atoms with Crippen LogP contribution in [0.25, 0.3) is 16.9 Å². The molecule has 5 aromatic rings. The number of nitrogens with one attached hydrogen (secondary N) is 2. The molecule has 62 heavy (non-hydrogen) atoms. The van der Waals surface area contributed by atoms with Crippen LogP contribution < -0.4 is 26.0 Å². The number of carbonyl (C=O) groups excluding carboxylic acids is 4. The summed E-state index contributed by atoms with van der Waals surface area (Å²) in [5, 5.41) is 16.5. The fourth-order valence-corrected chi connectivity index (χ4v) is 8.62. The van der Waals surface area contributed by atoms with Crippen molar-refractivity contribution >= 4 is 58.1 Å². The van der Waals surface area contributed by atoms with Gasteiger partial charge in [-0.2, -0.15) is 4.98 Å². The van der Waals surface area contributed by atoms with Crippen molar-refractivity contribution in [2.24, 2.45) is 0 Å². The standard InChI is InChI=1S/C45H51N11O6/c1-5-19-55-43(61)35-27-46-44(50-40(35)56(55)38-8-6-7-37(48-38)45(2,3)62)47-30-10-13-31(14-11-30)52-20-17-32(18-21-52)53-22-24-54(25-23-53)33-12-9-29(28-57)34(26-33)42(60)51(4)36-15-16-39(58)49-41(36)59/h5-14,26-28,32,36,62H,1,15-25H2,2-4H3,(H,46,47,50)(H,49,58,59). The lowest BCUT2D eigenvalue weighted by molar-refractivity contribution is -0.136. The third-order valence-corrected chi connectivity index (χ3v) is 12.1. The number of aromatic nitrogens is 5. The number of rotatable bonds is 12. The molecule has 3 saturated heterocycles. The molecule has 3 aliphatic heterocycles. The molecule has 8 rings (SSSR count). The van der Waals surface area contributed by atoms with E-state index in [1.165, 1.54) is 22.8 Å². The van der Waals surface area contributed by atoms with E-state index in [0.717, 1.165) is 69.2 Å². The second-order valence-electron chi connectivity index (χ2n) is 16.5. The van der Waals surface area contributed by atoms with Crippen molar-refractivity contribution in [3.63, 3.8) is 0 Å². The van der Waals surface area contributed by atoms with Gasteiger partial charge < -0.3 is 25.1 Å². The van der Waals surface area contributed by atoms with Crippen LogP contribution in [-0.4, -0.2) is 122 Å². The van der Waals surface area contributed by atoms with Gasteiger partial charge in [-0.25, -0.2) is 19.3 Å². The number of piperazine rings is 1. The number of amides is 3. The number of likely N-dealkylation sites (N-methyl/N-ethyl adjacent to an activating group) is 1.